The number of nitrogens with one attached hydrogen (secondary N) is 1. The third kappa shape index (κ3) is 4.96. The maximum absolute atomic E-state index is 5.47. The first-order valence-corrected chi connectivity index (χ1v) is 7.95. The summed E-state index contributed by atoms with van der Waals surface area (Å²) in [5.74, 6) is 4.03. The standard InChI is InChI=1S/C15H25NO2S/c1-5-9-19-11-14(16-6-2)13-10-12(17-3)7-8-15(13)18-4/h7-8,10,14,16H,5-6,9,11H2,1-4H3. The lowest BCUT2D eigenvalue weighted by Gasteiger charge is -2.21. The molecule has 0 aliphatic rings. The molecule has 1 rings (SSSR count). The second kappa shape index (κ2) is 9.10. The average molecular weight is 283 g/mol. The van der Waals surface area contributed by atoms with Gasteiger partial charge in [-0.2, -0.15) is 11.8 Å². The zero-order valence-corrected chi connectivity index (χ0v) is 13.2. The van der Waals surface area contributed by atoms with E-state index in [0.29, 0.717) is 6.04 Å². The van der Waals surface area contributed by atoms with E-state index >= 15 is 0 Å². The van der Waals surface area contributed by atoms with Crippen LogP contribution in [0.4, 0.5) is 0 Å². The summed E-state index contributed by atoms with van der Waals surface area (Å²) in [6.45, 7) is 5.28. The minimum Gasteiger partial charge on any atom is -0.497 e. The molecule has 3 nitrogen and oxygen atoms in total. The molecular formula is C15H25NO2S. The molecule has 1 aromatic carbocycles. The molecule has 1 N–H and O–H groups in total. The smallest absolute Gasteiger partial charge is 0.123 e. The van der Waals surface area contributed by atoms with Crippen molar-refractivity contribution in [2.24, 2.45) is 0 Å². The Kier molecular flexibility index (Phi) is 7.75. The van der Waals surface area contributed by atoms with Crippen molar-refractivity contribution < 1.29 is 9.47 Å². The van der Waals surface area contributed by atoms with Gasteiger partial charge in [0.2, 0.25) is 0 Å². The second-order valence-electron chi connectivity index (χ2n) is 4.29. The molecule has 0 spiro atoms. The van der Waals surface area contributed by atoms with Gasteiger partial charge in [0.05, 0.1) is 14.2 Å². The van der Waals surface area contributed by atoms with Gasteiger partial charge in [0.25, 0.3) is 0 Å². The van der Waals surface area contributed by atoms with Gasteiger partial charge in [0.1, 0.15) is 11.5 Å². The van der Waals surface area contributed by atoms with Crippen LogP contribution >= 0.6 is 11.8 Å². The van der Waals surface area contributed by atoms with Crippen molar-refractivity contribution in [3.05, 3.63) is 23.8 Å². The third-order valence-corrected chi connectivity index (χ3v) is 4.16. The molecule has 0 amide bonds. The van der Waals surface area contributed by atoms with Crippen molar-refractivity contribution in [1.82, 2.24) is 5.32 Å². The maximum atomic E-state index is 5.47. The van der Waals surface area contributed by atoms with Gasteiger partial charge < -0.3 is 14.8 Å². The van der Waals surface area contributed by atoms with E-state index in [4.69, 9.17) is 9.47 Å². The molecule has 108 valence electrons. The van der Waals surface area contributed by atoms with Crippen LogP contribution in [0.3, 0.4) is 0 Å². The fourth-order valence-corrected chi connectivity index (χ4v) is 2.95. The summed E-state index contributed by atoms with van der Waals surface area (Å²) in [7, 11) is 3.41. The molecule has 0 bridgehead atoms. The minimum absolute atomic E-state index is 0.298. The minimum atomic E-state index is 0.298. The zero-order valence-electron chi connectivity index (χ0n) is 12.4. The summed E-state index contributed by atoms with van der Waals surface area (Å²) in [5, 5.41) is 3.53. The van der Waals surface area contributed by atoms with Gasteiger partial charge >= 0.3 is 0 Å². The van der Waals surface area contributed by atoms with Crippen LogP contribution < -0.4 is 14.8 Å². The van der Waals surface area contributed by atoms with Crippen LogP contribution in [0.25, 0.3) is 0 Å². The highest BCUT2D eigenvalue weighted by atomic mass is 32.2. The van der Waals surface area contributed by atoms with E-state index in [0.717, 1.165) is 23.8 Å². The van der Waals surface area contributed by atoms with Crippen LogP contribution in [0.15, 0.2) is 18.2 Å². The maximum Gasteiger partial charge on any atom is 0.123 e. The van der Waals surface area contributed by atoms with Crippen LogP contribution in [-0.4, -0.2) is 32.3 Å². The van der Waals surface area contributed by atoms with Crippen LogP contribution in [0.5, 0.6) is 11.5 Å². The zero-order chi connectivity index (χ0) is 14.1. The van der Waals surface area contributed by atoms with E-state index in [9.17, 15) is 0 Å². The number of thioether (sulfide) groups is 1. The summed E-state index contributed by atoms with van der Waals surface area (Å²) in [5.41, 5.74) is 1.17. The van der Waals surface area contributed by atoms with Crippen LogP contribution in [-0.2, 0) is 0 Å². The molecule has 0 radical (unpaired) electrons. The Balaban J connectivity index is 2.91. The normalized spacial score (nSPS) is 12.2. The van der Waals surface area contributed by atoms with Crippen molar-refractivity contribution in [3.63, 3.8) is 0 Å². The first kappa shape index (κ1) is 16.2. The molecule has 0 aromatic heterocycles. The topological polar surface area (TPSA) is 30.5 Å². The number of rotatable bonds is 9. The van der Waals surface area contributed by atoms with Crippen molar-refractivity contribution >= 4 is 11.8 Å². The second-order valence-corrected chi connectivity index (χ2v) is 5.44. The van der Waals surface area contributed by atoms with Crippen molar-refractivity contribution in [3.8, 4) is 11.5 Å². The van der Waals surface area contributed by atoms with Gasteiger partial charge in [-0.15, -0.1) is 0 Å². The molecule has 0 heterocycles. The highest BCUT2D eigenvalue weighted by Crippen LogP contribution is 2.31. The van der Waals surface area contributed by atoms with Crippen molar-refractivity contribution in [1.29, 1.82) is 0 Å². The molecule has 1 unspecified atom stereocenters. The predicted molar refractivity (Wildman–Crippen MR) is 83.6 cm³/mol. The third-order valence-electron chi connectivity index (χ3n) is 2.90. The molecule has 1 atom stereocenters. The van der Waals surface area contributed by atoms with Crippen LogP contribution in [0.2, 0.25) is 0 Å². The molecular weight excluding hydrogens is 258 g/mol. The monoisotopic (exact) mass is 283 g/mol. The Morgan fingerprint density at radius 1 is 1.21 bits per heavy atom. The van der Waals surface area contributed by atoms with Crippen LogP contribution in [0, 0.1) is 0 Å². The summed E-state index contributed by atoms with van der Waals surface area (Å²) >= 11 is 1.97. The predicted octanol–water partition coefficient (Wildman–Crippen LogP) is 3.50. The van der Waals surface area contributed by atoms with Gasteiger partial charge in [-0.3, -0.25) is 0 Å². The lowest BCUT2D eigenvalue weighted by Crippen LogP contribution is -2.23. The number of methoxy groups -OCH3 is 2. The summed E-state index contributed by atoms with van der Waals surface area (Å²) in [6.07, 6.45) is 1.21. The van der Waals surface area contributed by atoms with E-state index in [1.165, 1.54) is 17.7 Å². The van der Waals surface area contributed by atoms with Gasteiger partial charge in [-0.25, -0.2) is 0 Å². The SMILES string of the molecule is CCCSCC(NCC)c1cc(OC)ccc1OC. The Morgan fingerprint density at radius 2 is 2.00 bits per heavy atom. The lowest BCUT2D eigenvalue weighted by atomic mass is 10.1. The highest BCUT2D eigenvalue weighted by molar-refractivity contribution is 7.99. The van der Waals surface area contributed by atoms with E-state index in [1.54, 1.807) is 14.2 Å². The Hall–Kier alpha value is -0.870. The molecule has 1 aromatic rings. The number of ether oxygens (including phenoxy) is 2. The Morgan fingerprint density at radius 3 is 2.58 bits per heavy atom. The Bertz CT molecular complexity index is 371. The average Bonchev–Trinajstić information content (AvgIpc) is 2.46. The highest BCUT2D eigenvalue weighted by Gasteiger charge is 2.16. The fourth-order valence-electron chi connectivity index (χ4n) is 1.96. The summed E-state index contributed by atoms with van der Waals surface area (Å²) in [4.78, 5) is 0. The van der Waals surface area contributed by atoms with Gasteiger partial charge in [-0.1, -0.05) is 13.8 Å². The van der Waals surface area contributed by atoms with Crippen molar-refractivity contribution in [2.75, 3.05) is 32.3 Å². The summed E-state index contributed by atoms with van der Waals surface area (Å²) < 4.78 is 10.8. The van der Waals surface area contributed by atoms with E-state index < -0.39 is 0 Å². The molecule has 4 heteroatoms. The van der Waals surface area contributed by atoms with Crippen molar-refractivity contribution in [2.45, 2.75) is 26.3 Å². The molecule has 0 aliphatic carbocycles. The molecule has 0 aliphatic heterocycles. The van der Waals surface area contributed by atoms with Gasteiger partial charge in [-0.05, 0) is 36.9 Å². The molecule has 0 saturated heterocycles. The number of benzene rings is 1. The first-order valence-electron chi connectivity index (χ1n) is 6.79. The van der Waals surface area contributed by atoms with E-state index in [2.05, 4.69) is 25.2 Å². The van der Waals surface area contributed by atoms with Crippen LogP contribution in [0.1, 0.15) is 31.9 Å². The number of hydrogen-bond donors (Lipinski definition) is 1. The van der Waals surface area contributed by atoms with Gasteiger partial charge in [0, 0.05) is 17.4 Å². The number of hydrogen-bond acceptors (Lipinski definition) is 4. The lowest BCUT2D eigenvalue weighted by molar-refractivity contribution is 0.393. The van der Waals surface area contributed by atoms with Gasteiger partial charge in [0.15, 0.2) is 0 Å². The molecule has 0 fully saturated rings. The molecule has 19 heavy (non-hydrogen) atoms. The quantitative estimate of drug-likeness (QED) is 0.703. The Labute approximate surface area is 121 Å². The molecule has 0 saturated carbocycles. The largest absolute Gasteiger partial charge is 0.497 e. The van der Waals surface area contributed by atoms with E-state index in [-0.39, 0.29) is 0 Å². The first-order chi connectivity index (χ1) is 9.26. The summed E-state index contributed by atoms with van der Waals surface area (Å²) in [6, 6.07) is 6.28. The fraction of sp³-hybridized carbons (Fsp3) is 0.600. The van der Waals surface area contributed by atoms with E-state index in [1.807, 2.05) is 23.9 Å².